The predicted octanol–water partition coefficient (Wildman–Crippen LogP) is 11.3. The summed E-state index contributed by atoms with van der Waals surface area (Å²) in [6, 6.07) is 57.9. The third-order valence-corrected chi connectivity index (χ3v) is 9.87. The van der Waals surface area contributed by atoms with Crippen molar-refractivity contribution in [2.75, 3.05) is 4.90 Å². The van der Waals surface area contributed by atoms with Crippen LogP contribution in [-0.4, -0.2) is 13.3 Å². The maximum absolute atomic E-state index is 9.77. The van der Waals surface area contributed by atoms with Crippen LogP contribution in [0.4, 0.5) is 17.1 Å². The van der Waals surface area contributed by atoms with Crippen LogP contribution in [-0.2, 0) is 0 Å². The molecule has 0 radical (unpaired) electrons. The van der Waals surface area contributed by atoms with Crippen LogP contribution in [0.15, 0.2) is 158 Å². The molecule has 0 aliphatic rings. The fourth-order valence-electron chi connectivity index (χ4n) is 6.93. The number of para-hydroxylation sites is 1. The van der Waals surface area contributed by atoms with Crippen LogP contribution in [0.2, 0.25) is 0 Å². The van der Waals surface area contributed by atoms with E-state index in [1.165, 1.54) is 17.3 Å². The second kappa shape index (κ2) is 12.4. The van der Waals surface area contributed by atoms with Crippen molar-refractivity contribution in [1.82, 2.24) is 13.3 Å². The zero-order valence-electron chi connectivity index (χ0n) is 27.1. The Morgan fingerprint density at radius 2 is 1.10 bits per heavy atom. The van der Waals surface area contributed by atoms with Gasteiger partial charge in [0.2, 0.25) is 0 Å². The number of benzene rings is 7. The fourth-order valence-corrected chi connectivity index (χ4v) is 7.50. The van der Waals surface area contributed by atoms with Crippen molar-refractivity contribution in [1.29, 1.82) is 10.5 Å². The molecule has 7 aromatic carbocycles. The third-order valence-electron chi connectivity index (χ3n) is 9.34. The Kier molecular flexibility index (Phi) is 7.32. The van der Waals surface area contributed by atoms with E-state index in [4.69, 9.17) is 8.75 Å². The number of rotatable bonds is 6. The lowest BCUT2D eigenvalue weighted by molar-refractivity contribution is 1.18. The summed E-state index contributed by atoms with van der Waals surface area (Å²) in [5.41, 5.74) is 13.1. The van der Waals surface area contributed by atoms with Gasteiger partial charge < -0.3 is 9.47 Å². The summed E-state index contributed by atoms with van der Waals surface area (Å²) >= 11 is 1.21. The first-order chi connectivity index (χ1) is 25.2. The van der Waals surface area contributed by atoms with E-state index in [-0.39, 0.29) is 0 Å². The van der Waals surface area contributed by atoms with Crippen molar-refractivity contribution in [3.63, 3.8) is 0 Å². The van der Waals surface area contributed by atoms with Gasteiger partial charge in [0.25, 0.3) is 0 Å². The molecule has 0 saturated heterocycles. The Labute approximate surface area is 298 Å². The average molecular weight is 671 g/mol. The molecule has 7 heteroatoms. The van der Waals surface area contributed by atoms with Crippen LogP contribution < -0.4 is 4.90 Å². The number of nitriles is 2. The third kappa shape index (κ3) is 5.17. The smallest absolute Gasteiger partial charge is 0.129 e. The van der Waals surface area contributed by atoms with Gasteiger partial charge in [0.1, 0.15) is 11.0 Å². The molecule has 0 fully saturated rings. The highest BCUT2D eigenvalue weighted by Gasteiger charge is 2.21. The van der Waals surface area contributed by atoms with Gasteiger partial charge in [0.05, 0.1) is 51.7 Å². The molecule has 51 heavy (non-hydrogen) atoms. The van der Waals surface area contributed by atoms with E-state index in [0.717, 1.165) is 72.3 Å². The molecule has 0 saturated carbocycles. The molecule has 0 amide bonds. The quantitative estimate of drug-likeness (QED) is 0.176. The molecule has 238 valence electrons. The van der Waals surface area contributed by atoms with Gasteiger partial charge in [-0.25, -0.2) is 0 Å². The molecule has 6 nitrogen and oxygen atoms in total. The van der Waals surface area contributed by atoms with Crippen LogP contribution in [0.3, 0.4) is 0 Å². The lowest BCUT2D eigenvalue weighted by Crippen LogP contribution is -2.10. The van der Waals surface area contributed by atoms with Gasteiger partial charge in [-0.05, 0) is 108 Å². The van der Waals surface area contributed by atoms with Crippen LogP contribution in [0.5, 0.6) is 0 Å². The largest absolute Gasteiger partial charge is 0.309 e. The van der Waals surface area contributed by atoms with Crippen molar-refractivity contribution >= 4 is 61.6 Å². The van der Waals surface area contributed by atoms with Crippen molar-refractivity contribution < 1.29 is 0 Å². The summed E-state index contributed by atoms with van der Waals surface area (Å²) in [4.78, 5) is 2.24. The van der Waals surface area contributed by atoms with E-state index >= 15 is 0 Å². The molecule has 9 aromatic rings. The Morgan fingerprint density at radius 1 is 0.510 bits per heavy atom. The summed E-state index contributed by atoms with van der Waals surface area (Å²) in [5.74, 6) is 0. The van der Waals surface area contributed by atoms with E-state index in [1.807, 2.05) is 66.7 Å². The molecule has 0 N–H and O–H groups in total. The maximum Gasteiger partial charge on any atom is 0.129 e. The van der Waals surface area contributed by atoms with Crippen molar-refractivity contribution in [3.05, 3.63) is 169 Å². The van der Waals surface area contributed by atoms with Gasteiger partial charge in [0, 0.05) is 33.4 Å². The number of nitrogens with zero attached hydrogens (tertiary/aromatic N) is 6. The van der Waals surface area contributed by atoms with Crippen LogP contribution >= 0.6 is 11.7 Å². The second-order valence-electron chi connectivity index (χ2n) is 12.2. The molecule has 0 bridgehead atoms. The summed E-state index contributed by atoms with van der Waals surface area (Å²) in [6.45, 7) is 0. The fraction of sp³-hybridized carbons (Fsp3) is 0. The van der Waals surface area contributed by atoms with Crippen LogP contribution in [0, 0.1) is 22.7 Å². The molecule has 0 aliphatic carbocycles. The summed E-state index contributed by atoms with van der Waals surface area (Å²) < 4.78 is 11.9. The average Bonchev–Trinajstić information content (AvgIpc) is 3.82. The molecule has 2 heterocycles. The molecule has 0 spiro atoms. The van der Waals surface area contributed by atoms with E-state index in [9.17, 15) is 10.5 Å². The summed E-state index contributed by atoms with van der Waals surface area (Å²) in [6.07, 6.45) is 0. The van der Waals surface area contributed by atoms with Gasteiger partial charge in [-0.1, -0.05) is 66.7 Å². The van der Waals surface area contributed by atoms with Gasteiger partial charge in [-0.3, -0.25) is 0 Å². The Bertz CT molecular complexity index is 2810. The first-order valence-electron chi connectivity index (χ1n) is 16.5. The first-order valence-corrected chi connectivity index (χ1v) is 17.2. The highest BCUT2D eigenvalue weighted by atomic mass is 32.1. The minimum Gasteiger partial charge on any atom is -0.309 e. The SMILES string of the molecule is N#Cc1ccc(-n2c3ccc(C#N)cc3c3cc(-c4ccc(N(c5ccccc5)c5ccc(-c6ccccc6)cc5)c5nsnc45)ccc32)cc1. The zero-order valence-corrected chi connectivity index (χ0v) is 27.9. The number of anilines is 3. The molecule has 0 unspecified atom stereocenters. The highest BCUT2D eigenvalue weighted by molar-refractivity contribution is 7.00. The Morgan fingerprint density at radius 3 is 1.82 bits per heavy atom. The van der Waals surface area contributed by atoms with E-state index in [2.05, 4.69) is 113 Å². The summed E-state index contributed by atoms with van der Waals surface area (Å²) in [5, 5.41) is 21.1. The van der Waals surface area contributed by atoms with Crippen LogP contribution in [0.1, 0.15) is 11.1 Å². The number of aromatic nitrogens is 3. The van der Waals surface area contributed by atoms with Crippen molar-refractivity contribution in [2.24, 2.45) is 0 Å². The van der Waals surface area contributed by atoms with Crippen molar-refractivity contribution in [3.8, 4) is 40.1 Å². The molecular formula is C44H26N6S. The molecular weight excluding hydrogens is 645 g/mol. The molecule has 9 rings (SSSR count). The summed E-state index contributed by atoms with van der Waals surface area (Å²) in [7, 11) is 0. The maximum atomic E-state index is 9.77. The highest BCUT2D eigenvalue weighted by Crippen LogP contribution is 2.43. The second-order valence-corrected chi connectivity index (χ2v) is 12.8. The Hall–Kier alpha value is -7.06. The first kappa shape index (κ1) is 30.0. The molecule has 0 atom stereocenters. The molecule has 2 aromatic heterocycles. The normalized spacial score (nSPS) is 11.1. The number of hydrogen-bond donors (Lipinski definition) is 0. The topological polar surface area (TPSA) is 81.5 Å². The standard InChI is InChI=1S/C44H26N6S/c45-27-29-11-17-36(18-12-29)50-40-22-13-30(28-46)25-38(40)39-26-33(16-23-41(39)50)37-21-24-42(44-43(37)47-51-48-44)49(34-9-5-2-6-10-34)35-19-14-32(15-20-35)31-7-3-1-4-8-31/h1-26H. The minimum absolute atomic E-state index is 0.597. The number of fused-ring (bicyclic) bond motifs is 4. The predicted molar refractivity (Wildman–Crippen MR) is 207 cm³/mol. The Balaban J connectivity index is 1.19. The van der Waals surface area contributed by atoms with Gasteiger partial charge >= 0.3 is 0 Å². The molecule has 0 aliphatic heterocycles. The lowest BCUT2D eigenvalue weighted by Gasteiger charge is -2.26. The minimum atomic E-state index is 0.597. The van der Waals surface area contributed by atoms with E-state index < -0.39 is 0 Å². The zero-order chi connectivity index (χ0) is 34.3. The lowest BCUT2D eigenvalue weighted by atomic mass is 9.99. The van der Waals surface area contributed by atoms with Gasteiger partial charge in [0.15, 0.2) is 0 Å². The van der Waals surface area contributed by atoms with Gasteiger partial charge in [-0.2, -0.15) is 19.3 Å². The van der Waals surface area contributed by atoms with E-state index in [1.54, 1.807) is 0 Å². The van der Waals surface area contributed by atoms with E-state index in [0.29, 0.717) is 11.1 Å². The van der Waals surface area contributed by atoms with Gasteiger partial charge in [-0.15, -0.1) is 0 Å². The van der Waals surface area contributed by atoms with Crippen molar-refractivity contribution in [2.45, 2.75) is 0 Å². The van der Waals surface area contributed by atoms with Crippen LogP contribution in [0.25, 0.3) is 60.8 Å². The number of hydrogen-bond acceptors (Lipinski definition) is 6. The monoisotopic (exact) mass is 670 g/mol.